The van der Waals surface area contributed by atoms with Gasteiger partial charge >= 0.3 is 5.97 Å². The number of aryl methyl sites for hydroxylation is 2. The first-order valence-corrected chi connectivity index (χ1v) is 11.8. The molecule has 0 fully saturated rings. The van der Waals surface area contributed by atoms with E-state index in [4.69, 9.17) is 4.74 Å². The summed E-state index contributed by atoms with van der Waals surface area (Å²) in [5, 5.41) is 0. The Hall–Kier alpha value is -3.46. The van der Waals surface area contributed by atoms with Crippen LogP contribution in [0.25, 0.3) is 0 Å². The first-order chi connectivity index (χ1) is 15.5. The van der Waals surface area contributed by atoms with Gasteiger partial charge in [-0.2, -0.15) is 0 Å². The van der Waals surface area contributed by atoms with Gasteiger partial charge in [0.15, 0.2) is 6.61 Å². The van der Waals surface area contributed by atoms with E-state index in [0.717, 1.165) is 23.5 Å². The molecule has 7 nitrogen and oxygen atoms in total. The average molecular weight is 473 g/mol. The number of aromatic nitrogens is 1. The van der Waals surface area contributed by atoms with Crippen LogP contribution in [0.1, 0.15) is 44.6 Å². The third-order valence-electron chi connectivity index (χ3n) is 5.36. The molecule has 0 saturated heterocycles. The molecule has 2 aromatic carbocycles. The van der Waals surface area contributed by atoms with Crippen LogP contribution in [0, 0.1) is 26.6 Å². The highest BCUT2D eigenvalue weighted by Crippen LogP contribution is 2.23. The summed E-state index contributed by atoms with van der Waals surface area (Å²) < 4.78 is 48.5. The topological polar surface area (TPSA) is 94.5 Å². The molecule has 0 saturated carbocycles. The van der Waals surface area contributed by atoms with Crippen molar-refractivity contribution in [2.45, 2.75) is 39.1 Å². The van der Waals surface area contributed by atoms with Crippen LogP contribution in [-0.4, -0.2) is 31.3 Å². The summed E-state index contributed by atoms with van der Waals surface area (Å²) in [6.07, 6.45) is 0. The van der Waals surface area contributed by atoms with Crippen molar-refractivity contribution in [1.82, 2.24) is 4.57 Å². The maximum Gasteiger partial charge on any atom is 0.340 e. The van der Waals surface area contributed by atoms with Crippen LogP contribution in [0.3, 0.4) is 0 Å². The molecular formula is C24H25FN2O5S. The zero-order valence-electron chi connectivity index (χ0n) is 18.8. The number of benzene rings is 2. The van der Waals surface area contributed by atoms with Gasteiger partial charge in [0.1, 0.15) is 5.82 Å². The van der Waals surface area contributed by atoms with E-state index in [0.29, 0.717) is 12.1 Å². The van der Waals surface area contributed by atoms with Crippen molar-refractivity contribution in [3.63, 3.8) is 0 Å². The number of ether oxygens (including phenoxy) is 1. The minimum atomic E-state index is -4.09. The number of Topliss-reactive ketones (excluding diaryl/α,β-unsaturated/α-hetero) is 1. The normalized spacial score (nSPS) is 11.3. The molecule has 0 atom stereocenters. The number of nitrogens with zero attached hydrogens (tertiary/aromatic N) is 1. The Bertz CT molecular complexity index is 1330. The predicted molar refractivity (Wildman–Crippen MR) is 123 cm³/mol. The van der Waals surface area contributed by atoms with Gasteiger partial charge in [0.25, 0.3) is 10.0 Å². The molecule has 0 spiro atoms. The van der Waals surface area contributed by atoms with Crippen molar-refractivity contribution in [1.29, 1.82) is 0 Å². The fourth-order valence-corrected chi connectivity index (χ4v) is 4.76. The summed E-state index contributed by atoms with van der Waals surface area (Å²) >= 11 is 0. The molecule has 0 bridgehead atoms. The Balaban J connectivity index is 1.78. The van der Waals surface area contributed by atoms with Gasteiger partial charge in [0, 0.05) is 23.5 Å². The predicted octanol–water partition coefficient (Wildman–Crippen LogP) is 4.41. The monoisotopic (exact) mass is 472 g/mol. The minimum Gasteiger partial charge on any atom is -0.454 e. The van der Waals surface area contributed by atoms with E-state index in [-0.39, 0.29) is 27.5 Å². The number of anilines is 1. The van der Waals surface area contributed by atoms with Crippen LogP contribution < -0.4 is 4.72 Å². The second-order valence-electron chi connectivity index (χ2n) is 7.59. The van der Waals surface area contributed by atoms with E-state index >= 15 is 0 Å². The third-order valence-corrected chi connectivity index (χ3v) is 6.72. The largest absolute Gasteiger partial charge is 0.454 e. The lowest BCUT2D eigenvalue weighted by Crippen LogP contribution is -2.19. The molecule has 3 rings (SSSR count). The molecule has 0 aliphatic rings. The fourth-order valence-electron chi connectivity index (χ4n) is 3.59. The summed E-state index contributed by atoms with van der Waals surface area (Å²) in [6, 6.07) is 11.0. The highest BCUT2D eigenvalue weighted by Gasteiger charge is 2.22. The van der Waals surface area contributed by atoms with E-state index in [1.54, 1.807) is 18.2 Å². The molecule has 0 unspecified atom stereocenters. The quantitative estimate of drug-likeness (QED) is 0.387. The number of hydrogen-bond acceptors (Lipinski definition) is 5. The molecular weight excluding hydrogens is 447 g/mol. The van der Waals surface area contributed by atoms with E-state index < -0.39 is 28.4 Å². The van der Waals surface area contributed by atoms with Gasteiger partial charge in [0.05, 0.1) is 16.1 Å². The maximum atomic E-state index is 13.5. The van der Waals surface area contributed by atoms with Gasteiger partial charge < -0.3 is 9.30 Å². The van der Waals surface area contributed by atoms with Gasteiger partial charge in [-0.3, -0.25) is 9.52 Å². The summed E-state index contributed by atoms with van der Waals surface area (Å²) in [5.41, 5.74) is 2.31. The zero-order chi connectivity index (χ0) is 24.3. The van der Waals surface area contributed by atoms with Crippen molar-refractivity contribution < 1.29 is 27.1 Å². The molecule has 1 aromatic heterocycles. The Morgan fingerprint density at radius 2 is 1.73 bits per heavy atom. The number of rotatable bonds is 8. The number of para-hydroxylation sites is 1. The van der Waals surface area contributed by atoms with E-state index in [9.17, 15) is 22.4 Å². The number of hydrogen-bond donors (Lipinski definition) is 1. The SMILES string of the molecule is CCn1c(C)cc(C(=O)COC(=O)c2ccccc2NS(=O)(=O)c2ccc(F)c(C)c2)c1C. The zero-order valence-corrected chi connectivity index (χ0v) is 19.6. The van der Waals surface area contributed by atoms with Crippen LogP contribution in [0.15, 0.2) is 53.4 Å². The van der Waals surface area contributed by atoms with Gasteiger partial charge in [-0.05, 0) is 69.7 Å². The van der Waals surface area contributed by atoms with Gasteiger partial charge in [0.2, 0.25) is 5.78 Å². The van der Waals surface area contributed by atoms with Crippen LogP contribution in [0.5, 0.6) is 0 Å². The van der Waals surface area contributed by atoms with Crippen molar-refractivity contribution in [2.24, 2.45) is 0 Å². The number of carbonyl (C=O) groups excluding carboxylic acids is 2. The number of sulfonamides is 1. The summed E-state index contributed by atoms with van der Waals surface area (Å²) in [7, 11) is -4.09. The van der Waals surface area contributed by atoms with Gasteiger partial charge in [-0.1, -0.05) is 12.1 Å². The number of nitrogens with one attached hydrogen (secondary N) is 1. The van der Waals surface area contributed by atoms with Gasteiger partial charge in [-0.15, -0.1) is 0 Å². The lowest BCUT2D eigenvalue weighted by Gasteiger charge is -2.13. The molecule has 33 heavy (non-hydrogen) atoms. The fraction of sp³-hybridized carbons (Fsp3) is 0.250. The molecule has 0 radical (unpaired) electrons. The first kappa shape index (κ1) is 24.2. The second kappa shape index (κ2) is 9.58. The van der Waals surface area contributed by atoms with Gasteiger partial charge in [-0.25, -0.2) is 17.6 Å². The Morgan fingerprint density at radius 3 is 2.36 bits per heavy atom. The average Bonchev–Trinajstić information content (AvgIpc) is 3.06. The molecule has 174 valence electrons. The highest BCUT2D eigenvalue weighted by molar-refractivity contribution is 7.92. The number of halogens is 1. The van der Waals surface area contributed by atoms with E-state index in [1.807, 2.05) is 25.3 Å². The number of ketones is 1. The summed E-state index contributed by atoms with van der Waals surface area (Å²) in [6.45, 7) is 7.38. The molecule has 3 aromatic rings. The van der Waals surface area contributed by atoms with Crippen molar-refractivity contribution in [3.05, 3.63) is 82.4 Å². The van der Waals surface area contributed by atoms with Crippen LogP contribution in [0.2, 0.25) is 0 Å². The lowest BCUT2D eigenvalue weighted by atomic mass is 10.1. The molecule has 0 aliphatic heterocycles. The van der Waals surface area contributed by atoms with E-state index in [1.165, 1.54) is 25.1 Å². The Morgan fingerprint density at radius 1 is 1.03 bits per heavy atom. The van der Waals surface area contributed by atoms with Crippen LogP contribution in [0.4, 0.5) is 10.1 Å². The molecule has 1 heterocycles. The minimum absolute atomic E-state index is 0.0129. The highest BCUT2D eigenvalue weighted by atomic mass is 32.2. The van der Waals surface area contributed by atoms with Crippen LogP contribution >= 0.6 is 0 Å². The second-order valence-corrected chi connectivity index (χ2v) is 9.27. The number of esters is 1. The van der Waals surface area contributed by atoms with Crippen molar-refractivity contribution in [2.75, 3.05) is 11.3 Å². The number of carbonyl (C=O) groups is 2. The first-order valence-electron chi connectivity index (χ1n) is 10.3. The van der Waals surface area contributed by atoms with Crippen LogP contribution in [-0.2, 0) is 21.3 Å². The Kier molecular flexibility index (Phi) is 7.02. The maximum absolute atomic E-state index is 13.5. The molecule has 1 N–H and O–H groups in total. The standard InChI is InChI=1S/C24H25FN2O5S/c1-5-27-16(3)13-20(17(27)4)23(28)14-32-24(29)19-8-6-7-9-22(19)26-33(30,31)18-10-11-21(25)15(2)12-18/h6-13,26H,5,14H2,1-4H3. The molecule has 9 heteroatoms. The smallest absolute Gasteiger partial charge is 0.340 e. The summed E-state index contributed by atoms with van der Waals surface area (Å²) in [5.74, 6) is -1.72. The Labute approximate surface area is 192 Å². The lowest BCUT2D eigenvalue weighted by molar-refractivity contribution is 0.0475. The molecule has 0 amide bonds. The third kappa shape index (κ3) is 5.14. The van der Waals surface area contributed by atoms with Crippen molar-refractivity contribution >= 4 is 27.5 Å². The summed E-state index contributed by atoms with van der Waals surface area (Å²) in [4.78, 5) is 25.1. The van der Waals surface area contributed by atoms with Crippen molar-refractivity contribution in [3.8, 4) is 0 Å². The van der Waals surface area contributed by atoms with E-state index in [2.05, 4.69) is 4.72 Å². The molecule has 0 aliphatic carbocycles.